The predicted octanol–water partition coefficient (Wildman–Crippen LogP) is 4.95. The average Bonchev–Trinajstić information content (AvgIpc) is 3.41. The predicted molar refractivity (Wildman–Crippen MR) is 123 cm³/mol. The number of ether oxygens (including phenoxy) is 1. The van der Waals surface area contributed by atoms with E-state index in [-0.39, 0.29) is 6.54 Å². The normalized spacial score (nSPS) is 11.4. The molecule has 4 rings (SSSR count). The highest BCUT2D eigenvalue weighted by atomic mass is 19.1. The molecular weight excluding hydrogens is 421 g/mol. The number of nitrogens with zero attached hydrogens (tertiary/aromatic N) is 4. The van der Waals surface area contributed by atoms with Gasteiger partial charge < -0.3 is 10.1 Å². The highest BCUT2D eigenvalue weighted by Crippen LogP contribution is 2.23. The first kappa shape index (κ1) is 22.3. The monoisotopic (exact) mass is 447 g/mol. The van der Waals surface area contributed by atoms with Crippen LogP contribution in [0.15, 0.2) is 73.3 Å². The minimum absolute atomic E-state index is 0.153. The first-order chi connectivity index (χ1) is 15.7. The summed E-state index contributed by atoms with van der Waals surface area (Å²) in [4.78, 5) is 11.9. The second-order valence-corrected chi connectivity index (χ2v) is 8.76. The minimum Gasteiger partial charge on any atom is -0.444 e. The Kier molecular flexibility index (Phi) is 6.26. The number of hydrogen-bond acceptors (Lipinski definition) is 4. The molecule has 0 aliphatic carbocycles. The van der Waals surface area contributed by atoms with Crippen molar-refractivity contribution in [1.82, 2.24) is 24.9 Å². The number of halogens is 1. The Balaban J connectivity index is 1.46. The van der Waals surface area contributed by atoms with Crippen LogP contribution in [0.25, 0.3) is 16.8 Å². The number of alkyl carbamates (subject to hydrolysis) is 1. The lowest BCUT2D eigenvalue weighted by Crippen LogP contribution is -2.32. The summed E-state index contributed by atoms with van der Waals surface area (Å²) >= 11 is 0. The Morgan fingerprint density at radius 3 is 2.55 bits per heavy atom. The lowest BCUT2D eigenvalue weighted by atomic mass is 10.1. The van der Waals surface area contributed by atoms with Gasteiger partial charge in [0, 0.05) is 18.3 Å². The fourth-order valence-electron chi connectivity index (χ4n) is 3.35. The summed E-state index contributed by atoms with van der Waals surface area (Å²) in [5.74, 6) is -0.392. The molecule has 0 radical (unpaired) electrons. The number of amides is 1. The molecule has 0 saturated carbocycles. The standard InChI is InChI=1S/C25H26FN5O2/c1-25(2,3)33-24(32)27-12-19-9-20(11-22(26)10-19)21-13-29-31(16-21)23-14-28-30(17-23)15-18-7-5-4-6-8-18/h4-11,13-14,16-17H,12,15H2,1-3H3,(H,27,32). The van der Waals surface area contributed by atoms with Gasteiger partial charge in [0.05, 0.1) is 25.1 Å². The van der Waals surface area contributed by atoms with Gasteiger partial charge in [-0.1, -0.05) is 30.3 Å². The van der Waals surface area contributed by atoms with E-state index in [1.165, 1.54) is 12.1 Å². The lowest BCUT2D eigenvalue weighted by molar-refractivity contribution is 0.0523. The van der Waals surface area contributed by atoms with Gasteiger partial charge in [-0.15, -0.1) is 0 Å². The van der Waals surface area contributed by atoms with E-state index in [0.29, 0.717) is 17.7 Å². The van der Waals surface area contributed by atoms with Crippen molar-refractivity contribution in [3.63, 3.8) is 0 Å². The molecule has 7 nitrogen and oxygen atoms in total. The molecule has 0 saturated heterocycles. The van der Waals surface area contributed by atoms with Crippen molar-refractivity contribution in [2.45, 2.75) is 39.5 Å². The van der Waals surface area contributed by atoms with Crippen LogP contribution < -0.4 is 5.32 Å². The van der Waals surface area contributed by atoms with Gasteiger partial charge in [-0.2, -0.15) is 10.2 Å². The van der Waals surface area contributed by atoms with Crippen LogP contribution in [0.2, 0.25) is 0 Å². The molecule has 0 bridgehead atoms. The molecule has 170 valence electrons. The van der Waals surface area contributed by atoms with Crippen LogP contribution in [0, 0.1) is 5.82 Å². The molecule has 0 fully saturated rings. The zero-order valence-electron chi connectivity index (χ0n) is 18.8. The third-order valence-electron chi connectivity index (χ3n) is 4.78. The molecule has 0 spiro atoms. The Morgan fingerprint density at radius 1 is 1.00 bits per heavy atom. The SMILES string of the molecule is CC(C)(C)OC(=O)NCc1cc(F)cc(-c2cnn(-c3cnn(Cc4ccccc4)c3)c2)c1. The van der Waals surface area contributed by atoms with Crippen LogP contribution in [-0.4, -0.2) is 31.3 Å². The van der Waals surface area contributed by atoms with E-state index in [9.17, 15) is 9.18 Å². The van der Waals surface area contributed by atoms with E-state index in [1.54, 1.807) is 37.8 Å². The molecule has 2 aromatic heterocycles. The van der Waals surface area contributed by atoms with Crippen molar-refractivity contribution < 1.29 is 13.9 Å². The van der Waals surface area contributed by atoms with Gasteiger partial charge in [0.1, 0.15) is 17.1 Å². The second kappa shape index (κ2) is 9.28. The molecule has 0 unspecified atom stereocenters. The van der Waals surface area contributed by atoms with E-state index in [0.717, 1.165) is 16.8 Å². The third kappa shape index (κ3) is 6.06. The summed E-state index contributed by atoms with van der Waals surface area (Å²) in [6.45, 7) is 6.18. The number of carbonyl (C=O) groups is 1. The van der Waals surface area contributed by atoms with Gasteiger partial charge in [0.25, 0.3) is 0 Å². The molecule has 4 aromatic rings. The van der Waals surface area contributed by atoms with Crippen molar-refractivity contribution >= 4 is 6.09 Å². The van der Waals surface area contributed by atoms with E-state index in [4.69, 9.17) is 4.74 Å². The highest BCUT2D eigenvalue weighted by Gasteiger charge is 2.16. The molecular formula is C25H26FN5O2. The first-order valence-corrected chi connectivity index (χ1v) is 10.6. The van der Waals surface area contributed by atoms with Crippen molar-refractivity contribution in [1.29, 1.82) is 0 Å². The summed E-state index contributed by atoms with van der Waals surface area (Å²) in [6.07, 6.45) is 6.60. The maximum atomic E-state index is 14.3. The molecule has 1 N–H and O–H groups in total. The summed E-state index contributed by atoms with van der Waals surface area (Å²) < 4.78 is 23.0. The smallest absolute Gasteiger partial charge is 0.407 e. The number of hydrogen-bond donors (Lipinski definition) is 1. The molecule has 2 heterocycles. The molecule has 33 heavy (non-hydrogen) atoms. The number of nitrogens with one attached hydrogen (secondary N) is 1. The summed E-state index contributed by atoms with van der Waals surface area (Å²) in [5.41, 5.74) is 3.41. The van der Waals surface area contributed by atoms with Crippen LogP contribution in [-0.2, 0) is 17.8 Å². The third-order valence-corrected chi connectivity index (χ3v) is 4.78. The van der Waals surface area contributed by atoms with Crippen molar-refractivity contribution in [2.24, 2.45) is 0 Å². The fraction of sp³-hybridized carbons (Fsp3) is 0.240. The van der Waals surface area contributed by atoms with Gasteiger partial charge in [0.15, 0.2) is 0 Å². The zero-order valence-corrected chi connectivity index (χ0v) is 18.8. The van der Waals surface area contributed by atoms with E-state index in [2.05, 4.69) is 15.5 Å². The van der Waals surface area contributed by atoms with Crippen molar-refractivity contribution in [3.05, 3.63) is 90.3 Å². The van der Waals surface area contributed by atoms with E-state index < -0.39 is 17.5 Å². The van der Waals surface area contributed by atoms with Crippen molar-refractivity contribution in [2.75, 3.05) is 0 Å². The first-order valence-electron chi connectivity index (χ1n) is 10.6. The van der Waals surface area contributed by atoms with Gasteiger partial charge in [-0.25, -0.2) is 13.9 Å². The Labute approximate surface area is 191 Å². The lowest BCUT2D eigenvalue weighted by Gasteiger charge is -2.19. The van der Waals surface area contributed by atoms with Gasteiger partial charge in [0.2, 0.25) is 0 Å². The minimum atomic E-state index is -0.597. The average molecular weight is 448 g/mol. The molecule has 8 heteroatoms. The Hall–Kier alpha value is -3.94. The van der Waals surface area contributed by atoms with E-state index >= 15 is 0 Å². The van der Waals surface area contributed by atoms with Gasteiger partial charge in [-0.3, -0.25) is 4.68 Å². The van der Waals surface area contributed by atoms with Gasteiger partial charge in [-0.05, 0) is 55.7 Å². The van der Waals surface area contributed by atoms with Crippen LogP contribution in [0.4, 0.5) is 9.18 Å². The van der Waals surface area contributed by atoms with Crippen molar-refractivity contribution in [3.8, 4) is 16.8 Å². The largest absolute Gasteiger partial charge is 0.444 e. The fourth-order valence-corrected chi connectivity index (χ4v) is 3.35. The zero-order chi connectivity index (χ0) is 23.4. The number of rotatable bonds is 6. The van der Waals surface area contributed by atoms with Crippen LogP contribution in [0.5, 0.6) is 0 Å². The Bertz CT molecular complexity index is 1240. The summed E-state index contributed by atoms with van der Waals surface area (Å²) in [5, 5.41) is 11.5. The molecule has 0 atom stereocenters. The topological polar surface area (TPSA) is 74.0 Å². The number of carbonyl (C=O) groups excluding carboxylic acids is 1. The molecule has 1 amide bonds. The molecule has 2 aromatic carbocycles. The maximum Gasteiger partial charge on any atom is 0.407 e. The summed E-state index contributed by atoms with van der Waals surface area (Å²) in [6, 6.07) is 14.7. The number of benzene rings is 2. The molecule has 0 aliphatic heterocycles. The van der Waals surface area contributed by atoms with Crippen LogP contribution >= 0.6 is 0 Å². The van der Waals surface area contributed by atoms with Gasteiger partial charge >= 0.3 is 6.09 Å². The summed E-state index contributed by atoms with van der Waals surface area (Å²) in [7, 11) is 0. The number of aromatic nitrogens is 4. The maximum absolute atomic E-state index is 14.3. The van der Waals surface area contributed by atoms with E-state index in [1.807, 2.05) is 53.5 Å². The van der Waals surface area contributed by atoms with Crippen LogP contribution in [0.3, 0.4) is 0 Å². The second-order valence-electron chi connectivity index (χ2n) is 8.76. The highest BCUT2D eigenvalue weighted by molar-refractivity contribution is 5.68. The quantitative estimate of drug-likeness (QED) is 0.454. The van der Waals surface area contributed by atoms with Crippen LogP contribution in [0.1, 0.15) is 31.9 Å². The molecule has 0 aliphatic rings. The Morgan fingerprint density at radius 2 is 1.79 bits per heavy atom.